The average molecular weight is 459 g/mol. The topological polar surface area (TPSA) is 58.6 Å². The van der Waals surface area contributed by atoms with Gasteiger partial charge in [-0.05, 0) is 49.1 Å². The smallest absolute Gasteiger partial charge is 0.242 e. The van der Waals surface area contributed by atoms with Crippen molar-refractivity contribution in [3.05, 3.63) is 65.5 Å². The molecule has 0 aromatic heterocycles. The molecule has 2 amide bonds. The zero-order valence-electron chi connectivity index (χ0n) is 18.7. The minimum atomic E-state index is -0.598. The van der Waals surface area contributed by atoms with Gasteiger partial charge < -0.3 is 15.0 Å². The van der Waals surface area contributed by atoms with Crippen molar-refractivity contribution in [2.75, 3.05) is 12.9 Å². The third kappa shape index (κ3) is 6.73. The number of nitrogens with one attached hydrogen (secondary N) is 1. The zero-order valence-corrected chi connectivity index (χ0v) is 19.5. The van der Waals surface area contributed by atoms with Crippen LogP contribution in [-0.4, -0.2) is 41.7 Å². The lowest BCUT2D eigenvalue weighted by atomic mass is 10.1. The lowest BCUT2D eigenvalue weighted by molar-refractivity contribution is -0.138. The van der Waals surface area contributed by atoms with Crippen LogP contribution >= 0.6 is 11.8 Å². The molecule has 3 rings (SSSR count). The van der Waals surface area contributed by atoms with Crippen molar-refractivity contribution in [3.8, 4) is 5.75 Å². The Bertz CT molecular complexity index is 900. The normalized spacial score (nSPS) is 14.7. The summed E-state index contributed by atoms with van der Waals surface area (Å²) >= 11 is 1.35. The lowest BCUT2D eigenvalue weighted by Crippen LogP contribution is -2.50. The summed E-state index contributed by atoms with van der Waals surface area (Å²) in [6.07, 6.45) is 4.23. The van der Waals surface area contributed by atoms with Crippen LogP contribution in [0.25, 0.3) is 0 Å². The molecule has 5 nitrogen and oxygen atoms in total. The number of hydrogen-bond acceptors (Lipinski definition) is 4. The fourth-order valence-electron chi connectivity index (χ4n) is 3.85. The molecule has 1 N–H and O–H groups in total. The largest absolute Gasteiger partial charge is 0.497 e. The Labute approximate surface area is 193 Å². The van der Waals surface area contributed by atoms with E-state index in [0.717, 1.165) is 37.0 Å². The van der Waals surface area contributed by atoms with Crippen molar-refractivity contribution in [1.29, 1.82) is 0 Å². The molecule has 1 fully saturated rings. The van der Waals surface area contributed by atoms with E-state index >= 15 is 0 Å². The number of thioether (sulfide) groups is 1. The molecule has 32 heavy (non-hydrogen) atoms. The second kappa shape index (κ2) is 11.9. The number of halogens is 1. The number of ether oxygens (including phenoxy) is 1. The Morgan fingerprint density at radius 2 is 1.84 bits per heavy atom. The molecule has 1 saturated carbocycles. The van der Waals surface area contributed by atoms with Crippen molar-refractivity contribution in [1.82, 2.24) is 10.2 Å². The van der Waals surface area contributed by atoms with Crippen LogP contribution in [0.2, 0.25) is 0 Å². The van der Waals surface area contributed by atoms with Gasteiger partial charge in [0.25, 0.3) is 0 Å². The van der Waals surface area contributed by atoms with Crippen molar-refractivity contribution in [2.45, 2.75) is 57.0 Å². The van der Waals surface area contributed by atoms with Gasteiger partial charge in [0.15, 0.2) is 0 Å². The predicted molar refractivity (Wildman–Crippen MR) is 126 cm³/mol. The molecular formula is C25H31FN2O3S. The highest BCUT2D eigenvalue weighted by molar-refractivity contribution is 7.99. The number of carbonyl (C=O) groups excluding carboxylic acids is 2. The van der Waals surface area contributed by atoms with Gasteiger partial charge >= 0.3 is 0 Å². The van der Waals surface area contributed by atoms with Gasteiger partial charge in [0.1, 0.15) is 17.6 Å². The zero-order chi connectivity index (χ0) is 22.9. The van der Waals surface area contributed by atoms with Crippen LogP contribution in [0, 0.1) is 5.82 Å². The van der Waals surface area contributed by atoms with Crippen LogP contribution in [0.4, 0.5) is 4.39 Å². The highest BCUT2D eigenvalue weighted by Crippen LogP contribution is 2.21. The molecule has 0 saturated heterocycles. The summed E-state index contributed by atoms with van der Waals surface area (Å²) in [5, 5.41) is 3.10. The van der Waals surface area contributed by atoms with E-state index in [1.165, 1.54) is 17.8 Å². The second-order valence-electron chi connectivity index (χ2n) is 8.12. The summed E-state index contributed by atoms with van der Waals surface area (Å²) in [7, 11) is 1.60. The standard InChI is InChI=1S/C25H31FN2O3S/c1-18(25(30)27-21-8-4-5-9-21)28(15-19-11-13-22(31-2)14-12-19)24(29)17-32-16-20-7-3-6-10-23(20)26/h3,6-7,10-14,18,21H,4-5,8-9,15-17H2,1-2H3,(H,27,30)/t18-/m0/s1. The monoisotopic (exact) mass is 458 g/mol. The maximum Gasteiger partial charge on any atom is 0.242 e. The van der Waals surface area contributed by atoms with E-state index in [-0.39, 0.29) is 29.4 Å². The Hall–Kier alpha value is -2.54. The SMILES string of the molecule is COc1ccc(CN(C(=O)CSCc2ccccc2F)[C@@H](C)C(=O)NC2CCCC2)cc1. The van der Waals surface area contributed by atoms with Crippen molar-refractivity contribution < 1.29 is 18.7 Å². The number of nitrogens with zero attached hydrogens (tertiary/aromatic N) is 1. The van der Waals surface area contributed by atoms with Crippen molar-refractivity contribution in [3.63, 3.8) is 0 Å². The maximum atomic E-state index is 13.9. The molecule has 0 bridgehead atoms. The fourth-order valence-corrected chi connectivity index (χ4v) is 4.75. The Balaban J connectivity index is 1.66. The molecule has 1 atom stereocenters. The summed E-state index contributed by atoms with van der Waals surface area (Å²) in [6, 6.07) is 13.6. The van der Waals surface area contributed by atoms with Gasteiger partial charge in [-0.3, -0.25) is 9.59 Å². The number of rotatable bonds is 10. The average Bonchev–Trinajstić information content (AvgIpc) is 3.31. The second-order valence-corrected chi connectivity index (χ2v) is 9.11. The van der Waals surface area contributed by atoms with Gasteiger partial charge in [-0.2, -0.15) is 0 Å². The number of benzene rings is 2. The van der Waals surface area contributed by atoms with E-state index in [1.807, 2.05) is 24.3 Å². The highest BCUT2D eigenvalue weighted by atomic mass is 32.2. The molecule has 2 aromatic carbocycles. The molecule has 0 spiro atoms. The quantitative estimate of drug-likeness (QED) is 0.568. The van der Waals surface area contributed by atoms with Gasteiger partial charge in [0.2, 0.25) is 11.8 Å². The first-order valence-corrected chi connectivity index (χ1v) is 12.2. The van der Waals surface area contributed by atoms with Crippen LogP contribution < -0.4 is 10.1 Å². The third-order valence-corrected chi connectivity index (χ3v) is 6.79. The fraction of sp³-hybridized carbons (Fsp3) is 0.440. The minimum absolute atomic E-state index is 0.127. The summed E-state index contributed by atoms with van der Waals surface area (Å²) in [6.45, 7) is 2.09. The van der Waals surface area contributed by atoms with Crippen LogP contribution in [0.1, 0.15) is 43.7 Å². The predicted octanol–water partition coefficient (Wildman–Crippen LogP) is 4.54. The first-order valence-electron chi connectivity index (χ1n) is 11.0. The molecule has 7 heteroatoms. The van der Waals surface area contributed by atoms with Crippen molar-refractivity contribution >= 4 is 23.6 Å². The molecule has 0 heterocycles. The van der Waals surface area contributed by atoms with Crippen LogP contribution in [0.15, 0.2) is 48.5 Å². The summed E-state index contributed by atoms with van der Waals surface area (Å²) in [5.74, 6) is 0.767. The van der Waals surface area contributed by atoms with Gasteiger partial charge in [-0.1, -0.05) is 43.2 Å². The van der Waals surface area contributed by atoms with Crippen LogP contribution in [0.5, 0.6) is 5.75 Å². The molecule has 0 unspecified atom stereocenters. The summed E-state index contributed by atoms with van der Waals surface area (Å²) in [5.41, 5.74) is 1.48. The number of hydrogen-bond donors (Lipinski definition) is 1. The summed E-state index contributed by atoms with van der Waals surface area (Å²) < 4.78 is 19.1. The van der Waals surface area contributed by atoms with Crippen molar-refractivity contribution in [2.24, 2.45) is 0 Å². The molecule has 0 aliphatic heterocycles. The van der Waals surface area contributed by atoms with E-state index in [4.69, 9.17) is 4.74 Å². The molecule has 172 valence electrons. The van der Waals surface area contributed by atoms with E-state index in [0.29, 0.717) is 17.9 Å². The van der Waals surface area contributed by atoms with E-state index < -0.39 is 6.04 Å². The molecular weight excluding hydrogens is 427 g/mol. The minimum Gasteiger partial charge on any atom is -0.497 e. The van der Waals surface area contributed by atoms with Crippen LogP contribution in [0.3, 0.4) is 0 Å². The molecule has 2 aromatic rings. The molecule has 1 aliphatic rings. The van der Waals surface area contributed by atoms with Gasteiger partial charge in [0.05, 0.1) is 12.9 Å². The van der Waals surface area contributed by atoms with Gasteiger partial charge in [-0.25, -0.2) is 4.39 Å². The third-order valence-electron chi connectivity index (χ3n) is 5.82. The number of amides is 2. The lowest BCUT2D eigenvalue weighted by Gasteiger charge is -2.29. The Morgan fingerprint density at radius 3 is 2.50 bits per heavy atom. The van der Waals surface area contributed by atoms with E-state index in [2.05, 4.69) is 5.32 Å². The Morgan fingerprint density at radius 1 is 1.16 bits per heavy atom. The highest BCUT2D eigenvalue weighted by Gasteiger charge is 2.28. The first-order chi connectivity index (χ1) is 15.5. The van der Waals surface area contributed by atoms with Crippen LogP contribution in [-0.2, 0) is 21.9 Å². The van der Waals surface area contributed by atoms with Gasteiger partial charge in [0, 0.05) is 18.3 Å². The maximum absolute atomic E-state index is 13.9. The number of methoxy groups -OCH3 is 1. The summed E-state index contributed by atoms with van der Waals surface area (Å²) in [4.78, 5) is 27.6. The first kappa shape index (κ1) is 24.1. The Kier molecular flexibility index (Phi) is 8.97. The number of carbonyl (C=O) groups is 2. The van der Waals surface area contributed by atoms with E-state index in [1.54, 1.807) is 37.1 Å². The van der Waals surface area contributed by atoms with E-state index in [9.17, 15) is 14.0 Å². The molecule has 0 radical (unpaired) electrons. The van der Waals surface area contributed by atoms with Gasteiger partial charge in [-0.15, -0.1) is 11.8 Å². The molecule has 1 aliphatic carbocycles.